The molecule has 26 heavy (non-hydrogen) atoms. The molecular formula is C24H30N2. The first-order valence-corrected chi connectivity index (χ1v) is 9.65. The van der Waals surface area contributed by atoms with Crippen molar-refractivity contribution in [3.8, 4) is 11.3 Å². The minimum atomic E-state index is 0.968. The van der Waals surface area contributed by atoms with Crippen LogP contribution in [0.5, 0.6) is 0 Å². The highest BCUT2D eigenvalue weighted by Gasteiger charge is 2.13. The molecule has 0 fully saturated rings. The zero-order valence-electron chi connectivity index (χ0n) is 16.8. The molecule has 2 heteroatoms. The normalized spacial score (nSPS) is 11.2. The van der Waals surface area contributed by atoms with Crippen molar-refractivity contribution in [2.75, 3.05) is 0 Å². The van der Waals surface area contributed by atoms with Crippen LogP contribution in [0.4, 0.5) is 0 Å². The van der Waals surface area contributed by atoms with Crippen LogP contribution in [0.2, 0.25) is 0 Å². The van der Waals surface area contributed by atoms with E-state index in [0.29, 0.717) is 0 Å². The lowest BCUT2D eigenvalue weighted by atomic mass is 9.94. The Morgan fingerprint density at radius 1 is 1.15 bits per heavy atom. The summed E-state index contributed by atoms with van der Waals surface area (Å²) in [6.07, 6.45) is 12.4. The lowest BCUT2D eigenvalue weighted by Crippen LogP contribution is -2.02. The van der Waals surface area contributed by atoms with E-state index in [1.807, 2.05) is 19.2 Å². The van der Waals surface area contributed by atoms with Crippen molar-refractivity contribution in [3.63, 3.8) is 0 Å². The quantitative estimate of drug-likeness (QED) is 0.515. The average Bonchev–Trinajstić information content (AvgIpc) is 2.62. The molecule has 0 bridgehead atoms. The van der Waals surface area contributed by atoms with Gasteiger partial charge >= 0.3 is 0 Å². The van der Waals surface area contributed by atoms with Crippen LogP contribution in [0.3, 0.4) is 0 Å². The first-order valence-electron chi connectivity index (χ1n) is 9.65. The number of hydrogen-bond acceptors (Lipinski definition) is 2. The van der Waals surface area contributed by atoms with Crippen LogP contribution in [0.15, 0.2) is 42.3 Å². The summed E-state index contributed by atoms with van der Waals surface area (Å²) in [5, 5.41) is 0. The molecule has 136 valence electrons. The number of allylic oxidation sites excluding steroid dienone is 3. The van der Waals surface area contributed by atoms with Crippen molar-refractivity contribution in [2.24, 2.45) is 0 Å². The maximum absolute atomic E-state index is 5.02. The van der Waals surface area contributed by atoms with Gasteiger partial charge in [0.15, 0.2) is 0 Å². The Bertz CT molecular complexity index is 820. The van der Waals surface area contributed by atoms with E-state index in [1.54, 1.807) is 0 Å². The molecule has 0 atom stereocenters. The number of rotatable bonds is 7. The number of pyridine rings is 2. The van der Waals surface area contributed by atoms with E-state index in [4.69, 9.17) is 4.98 Å². The molecule has 0 N–H and O–H groups in total. The van der Waals surface area contributed by atoms with Gasteiger partial charge in [-0.05, 0) is 74.6 Å². The van der Waals surface area contributed by atoms with Crippen LogP contribution in [0.1, 0.15) is 69.5 Å². The van der Waals surface area contributed by atoms with Crippen molar-refractivity contribution in [3.05, 3.63) is 64.8 Å². The van der Waals surface area contributed by atoms with Gasteiger partial charge in [-0.3, -0.25) is 9.97 Å². The molecule has 0 amide bonds. The van der Waals surface area contributed by atoms with Crippen LogP contribution >= 0.6 is 0 Å². The van der Waals surface area contributed by atoms with Crippen LogP contribution in [0, 0.1) is 6.92 Å². The Hall–Kier alpha value is -2.44. The Morgan fingerprint density at radius 2 is 1.96 bits per heavy atom. The Balaban J connectivity index is 2.71. The summed E-state index contributed by atoms with van der Waals surface area (Å²) in [5.74, 6) is 0. The van der Waals surface area contributed by atoms with E-state index in [1.165, 1.54) is 16.7 Å². The van der Waals surface area contributed by atoms with Gasteiger partial charge in [-0.2, -0.15) is 0 Å². The maximum atomic E-state index is 5.02. The fourth-order valence-electron chi connectivity index (χ4n) is 3.05. The van der Waals surface area contributed by atoms with Gasteiger partial charge in [-0.25, -0.2) is 0 Å². The lowest BCUT2D eigenvalue weighted by Gasteiger charge is -2.15. The highest BCUT2D eigenvalue weighted by atomic mass is 14.7. The molecule has 0 saturated heterocycles. The fourth-order valence-corrected chi connectivity index (χ4v) is 3.05. The van der Waals surface area contributed by atoms with Gasteiger partial charge in [-0.15, -0.1) is 5.73 Å². The van der Waals surface area contributed by atoms with Crippen molar-refractivity contribution in [2.45, 2.75) is 60.3 Å². The van der Waals surface area contributed by atoms with Gasteiger partial charge in [0.1, 0.15) is 0 Å². The molecular weight excluding hydrogens is 316 g/mol. The lowest BCUT2D eigenvalue weighted by molar-refractivity contribution is 0.878. The average molecular weight is 347 g/mol. The summed E-state index contributed by atoms with van der Waals surface area (Å²) in [6, 6.07) is 6.31. The Morgan fingerprint density at radius 3 is 2.58 bits per heavy atom. The van der Waals surface area contributed by atoms with E-state index in [-0.39, 0.29) is 0 Å². The van der Waals surface area contributed by atoms with Crippen molar-refractivity contribution in [1.29, 1.82) is 0 Å². The molecule has 0 saturated carbocycles. The van der Waals surface area contributed by atoms with Gasteiger partial charge in [0, 0.05) is 28.7 Å². The first kappa shape index (κ1) is 19.9. The van der Waals surface area contributed by atoms with Crippen molar-refractivity contribution in [1.82, 2.24) is 9.97 Å². The standard InChI is InChI=1S/C24H30N2/c1-6-9-10-13-20-16-23(21-15-14-19(5)25-17-21)26-22(12-8-3)24(20)18(4)11-7-2/h9,11,13-17H,6-8,12H2,1-5H3/b18-11+. The number of nitrogens with zero attached hydrogens (tertiary/aromatic N) is 2. The third kappa shape index (κ3) is 5.03. The third-order valence-electron chi connectivity index (χ3n) is 4.28. The maximum Gasteiger partial charge on any atom is 0.0727 e. The van der Waals surface area contributed by atoms with Crippen LogP contribution in [0.25, 0.3) is 22.9 Å². The minimum absolute atomic E-state index is 0.968. The summed E-state index contributed by atoms with van der Waals surface area (Å²) in [5.41, 5.74) is 11.3. The molecule has 0 aliphatic heterocycles. The summed E-state index contributed by atoms with van der Waals surface area (Å²) in [4.78, 5) is 9.46. The highest BCUT2D eigenvalue weighted by molar-refractivity contribution is 5.77. The van der Waals surface area contributed by atoms with Gasteiger partial charge in [0.05, 0.1) is 5.69 Å². The Labute approximate surface area is 158 Å². The number of aryl methyl sites for hydroxylation is 2. The van der Waals surface area contributed by atoms with Crippen LogP contribution in [-0.4, -0.2) is 9.97 Å². The summed E-state index contributed by atoms with van der Waals surface area (Å²) < 4.78 is 0. The molecule has 2 aromatic heterocycles. The predicted octanol–water partition coefficient (Wildman–Crippen LogP) is 6.80. The molecule has 2 nitrogen and oxygen atoms in total. The molecule has 2 rings (SSSR count). The largest absolute Gasteiger partial charge is 0.261 e. The zero-order valence-corrected chi connectivity index (χ0v) is 16.8. The summed E-state index contributed by atoms with van der Waals surface area (Å²) in [7, 11) is 0. The summed E-state index contributed by atoms with van der Waals surface area (Å²) in [6.45, 7) is 10.7. The van der Waals surface area contributed by atoms with Crippen LogP contribution in [-0.2, 0) is 6.42 Å². The third-order valence-corrected chi connectivity index (χ3v) is 4.28. The van der Waals surface area contributed by atoms with Gasteiger partial charge < -0.3 is 0 Å². The van der Waals surface area contributed by atoms with E-state index < -0.39 is 0 Å². The van der Waals surface area contributed by atoms with E-state index >= 15 is 0 Å². The van der Waals surface area contributed by atoms with E-state index in [0.717, 1.165) is 48.3 Å². The molecule has 2 heterocycles. The van der Waals surface area contributed by atoms with Crippen molar-refractivity contribution < 1.29 is 0 Å². The second-order valence-electron chi connectivity index (χ2n) is 6.58. The Kier molecular flexibility index (Phi) is 7.56. The molecule has 0 spiro atoms. The molecule has 0 radical (unpaired) electrons. The van der Waals surface area contributed by atoms with Gasteiger partial charge in [0.2, 0.25) is 0 Å². The summed E-state index contributed by atoms with van der Waals surface area (Å²) >= 11 is 0. The number of aromatic nitrogens is 2. The monoisotopic (exact) mass is 346 g/mol. The fraction of sp³-hybridized carbons (Fsp3) is 0.375. The topological polar surface area (TPSA) is 25.8 Å². The smallest absolute Gasteiger partial charge is 0.0727 e. The predicted molar refractivity (Wildman–Crippen MR) is 113 cm³/mol. The molecule has 0 aliphatic rings. The van der Waals surface area contributed by atoms with Gasteiger partial charge in [-0.1, -0.05) is 33.3 Å². The minimum Gasteiger partial charge on any atom is -0.261 e. The van der Waals surface area contributed by atoms with E-state index in [9.17, 15) is 0 Å². The molecule has 0 unspecified atom stereocenters. The zero-order chi connectivity index (χ0) is 18.9. The first-order chi connectivity index (χ1) is 12.6. The molecule has 0 aliphatic carbocycles. The van der Waals surface area contributed by atoms with E-state index in [2.05, 4.69) is 68.8 Å². The second kappa shape index (κ2) is 9.89. The highest BCUT2D eigenvalue weighted by Crippen LogP contribution is 2.29. The number of hydrogen-bond donors (Lipinski definition) is 0. The van der Waals surface area contributed by atoms with Crippen molar-refractivity contribution >= 4 is 11.6 Å². The van der Waals surface area contributed by atoms with Gasteiger partial charge in [0.25, 0.3) is 0 Å². The van der Waals surface area contributed by atoms with Crippen LogP contribution < -0.4 is 0 Å². The molecule has 2 aromatic rings. The SMILES string of the molecule is CCC=C=Cc1cc(-c2ccc(C)nc2)nc(CCC)c1/C(C)=C/CC. The second-order valence-corrected chi connectivity index (χ2v) is 6.58. The molecule has 0 aromatic carbocycles.